The lowest BCUT2D eigenvalue weighted by atomic mass is 10.1. The van der Waals surface area contributed by atoms with Crippen LogP contribution in [0.3, 0.4) is 0 Å². The third kappa shape index (κ3) is 2.40. The summed E-state index contributed by atoms with van der Waals surface area (Å²) in [5.74, 6) is 0.364. The first kappa shape index (κ1) is 10.9. The standard InChI is InChI=1S/C14H15NOS/c16-13-6-7-14-12(8-13)10-15(17-14)9-11-4-2-1-3-5-11/h2,4-8,16H,1,3,9-10H2. The Balaban J connectivity index is 1.70. The van der Waals surface area contributed by atoms with Crippen LogP contribution in [0.25, 0.3) is 0 Å². The quantitative estimate of drug-likeness (QED) is 0.807. The van der Waals surface area contributed by atoms with E-state index in [1.54, 1.807) is 18.0 Å². The minimum atomic E-state index is 0.364. The second-order valence-electron chi connectivity index (χ2n) is 4.44. The minimum absolute atomic E-state index is 0.364. The molecule has 0 saturated heterocycles. The second-order valence-corrected chi connectivity index (χ2v) is 5.58. The molecule has 1 aromatic carbocycles. The molecule has 1 N–H and O–H groups in total. The second kappa shape index (κ2) is 4.59. The molecule has 1 aliphatic carbocycles. The first-order valence-corrected chi connectivity index (χ1v) is 6.69. The first-order valence-electron chi connectivity index (χ1n) is 5.92. The molecule has 0 radical (unpaired) electrons. The van der Waals surface area contributed by atoms with Crippen molar-refractivity contribution in [2.24, 2.45) is 0 Å². The van der Waals surface area contributed by atoms with Crippen molar-refractivity contribution in [3.8, 4) is 5.75 Å². The number of allylic oxidation sites excluding steroid dienone is 2. The smallest absolute Gasteiger partial charge is 0.115 e. The molecular formula is C14H15NOS. The van der Waals surface area contributed by atoms with E-state index in [4.69, 9.17) is 0 Å². The van der Waals surface area contributed by atoms with Gasteiger partial charge in [0.1, 0.15) is 5.75 Å². The molecule has 2 nitrogen and oxygen atoms in total. The number of aromatic hydroxyl groups is 1. The van der Waals surface area contributed by atoms with Gasteiger partial charge in [-0.25, -0.2) is 4.31 Å². The molecule has 1 aliphatic heterocycles. The van der Waals surface area contributed by atoms with E-state index >= 15 is 0 Å². The van der Waals surface area contributed by atoms with Crippen molar-refractivity contribution in [3.05, 3.63) is 47.6 Å². The molecule has 0 amide bonds. The van der Waals surface area contributed by atoms with E-state index in [2.05, 4.69) is 22.5 Å². The molecule has 0 saturated carbocycles. The third-order valence-corrected chi connectivity index (χ3v) is 4.16. The van der Waals surface area contributed by atoms with E-state index in [9.17, 15) is 5.11 Å². The van der Waals surface area contributed by atoms with E-state index in [0.29, 0.717) is 5.75 Å². The molecule has 1 aromatic rings. The van der Waals surface area contributed by atoms with Crippen LogP contribution in [0.1, 0.15) is 18.4 Å². The lowest BCUT2D eigenvalue weighted by Crippen LogP contribution is -2.13. The molecule has 0 fully saturated rings. The zero-order chi connectivity index (χ0) is 11.7. The van der Waals surface area contributed by atoms with Crippen molar-refractivity contribution < 1.29 is 5.11 Å². The molecule has 1 heterocycles. The van der Waals surface area contributed by atoms with Crippen LogP contribution in [-0.2, 0) is 6.54 Å². The summed E-state index contributed by atoms with van der Waals surface area (Å²) in [6.07, 6.45) is 9.13. The Bertz CT molecular complexity index is 493. The van der Waals surface area contributed by atoms with Gasteiger partial charge in [0.05, 0.1) is 0 Å². The molecule has 88 valence electrons. The van der Waals surface area contributed by atoms with E-state index in [0.717, 1.165) is 19.5 Å². The number of phenolic OH excluding ortho intramolecular Hbond substituents is 1. The molecule has 0 spiro atoms. The molecular weight excluding hydrogens is 230 g/mol. The van der Waals surface area contributed by atoms with Crippen LogP contribution in [0, 0.1) is 0 Å². The van der Waals surface area contributed by atoms with Crippen LogP contribution in [0.15, 0.2) is 46.9 Å². The summed E-state index contributed by atoms with van der Waals surface area (Å²) < 4.78 is 2.34. The van der Waals surface area contributed by atoms with Crippen molar-refractivity contribution in [2.45, 2.75) is 24.3 Å². The average Bonchev–Trinajstić information content (AvgIpc) is 2.71. The van der Waals surface area contributed by atoms with Crippen LogP contribution in [0.5, 0.6) is 5.75 Å². The number of phenols is 1. The zero-order valence-corrected chi connectivity index (χ0v) is 10.4. The van der Waals surface area contributed by atoms with Crippen molar-refractivity contribution in [1.82, 2.24) is 4.31 Å². The summed E-state index contributed by atoms with van der Waals surface area (Å²) in [5, 5.41) is 9.45. The predicted octanol–water partition coefficient (Wildman–Crippen LogP) is 3.49. The number of benzene rings is 1. The maximum Gasteiger partial charge on any atom is 0.115 e. The van der Waals surface area contributed by atoms with E-state index in [-0.39, 0.29) is 0 Å². The normalized spacial score (nSPS) is 19.2. The summed E-state index contributed by atoms with van der Waals surface area (Å²) in [4.78, 5) is 1.27. The van der Waals surface area contributed by atoms with Crippen LogP contribution in [-0.4, -0.2) is 16.0 Å². The predicted molar refractivity (Wildman–Crippen MR) is 70.8 cm³/mol. The van der Waals surface area contributed by atoms with Gasteiger partial charge < -0.3 is 5.11 Å². The van der Waals surface area contributed by atoms with Crippen LogP contribution < -0.4 is 0 Å². The van der Waals surface area contributed by atoms with Crippen molar-refractivity contribution in [1.29, 1.82) is 0 Å². The highest BCUT2D eigenvalue weighted by Gasteiger charge is 2.20. The summed E-state index contributed by atoms with van der Waals surface area (Å²) in [6, 6.07) is 5.63. The molecule has 0 atom stereocenters. The largest absolute Gasteiger partial charge is 0.508 e. The SMILES string of the molecule is Oc1ccc2c(c1)CN(CC1=CCCC=C1)S2. The molecule has 17 heavy (non-hydrogen) atoms. The van der Waals surface area contributed by atoms with Gasteiger partial charge in [0, 0.05) is 18.0 Å². The number of hydrogen-bond donors (Lipinski definition) is 1. The van der Waals surface area contributed by atoms with Gasteiger partial charge in [-0.3, -0.25) is 0 Å². The summed E-state index contributed by atoms with van der Waals surface area (Å²) >= 11 is 1.79. The van der Waals surface area contributed by atoms with Crippen LogP contribution >= 0.6 is 11.9 Å². The molecule has 0 aromatic heterocycles. The Labute approximate surface area is 106 Å². The lowest BCUT2D eigenvalue weighted by molar-refractivity contribution is 0.471. The van der Waals surface area contributed by atoms with E-state index in [1.807, 2.05) is 12.1 Å². The molecule has 0 bridgehead atoms. The highest BCUT2D eigenvalue weighted by molar-refractivity contribution is 7.97. The highest BCUT2D eigenvalue weighted by atomic mass is 32.2. The fraction of sp³-hybridized carbons (Fsp3) is 0.286. The Hall–Kier alpha value is -1.19. The van der Waals surface area contributed by atoms with Gasteiger partial charge in [-0.2, -0.15) is 0 Å². The average molecular weight is 245 g/mol. The van der Waals surface area contributed by atoms with Gasteiger partial charge in [-0.15, -0.1) is 0 Å². The van der Waals surface area contributed by atoms with Gasteiger partial charge in [-0.05, 0) is 54.1 Å². The fourth-order valence-corrected chi connectivity index (χ4v) is 3.28. The Morgan fingerprint density at radius 2 is 2.24 bits per heavy atom. The number of rotatable bonds is 2. The topological polar surface area (TPSA) is 23.5 Å². The fourth-order valence-electron chi connectivity index (χ4n) is 2.22. The van der Waals surface area contributed by atoms with Crippen LogP contribution in [0.4, 0.5) is 0 Å². The highest BCUT2D eigenvalue weighted by Crippen LogP contribution is 2.38. The van der Waals surface area contributed by atoms with Gasteiger partial charge >= 0.3 is 0 Å². The monoisotopic (exact) mass is 245 g/mol. The molecule has 3 rings (SSSR count). The van der Waals surface area contributed by atoms with Crippen LogP contribution in [0.2, 0.25) is 0 Å². The van der Waals surface area contributed by atoms with Gasteiger partial charge in [0.2, 0.25) is 0 Å². The molecule has 0 unspecified atom stereocenters. The van der Waals surface area contributed by atoms with E-state index in [1.165, 1.54) is 22.5 Å². The third-order valence-electron chi connectivity index (χ3n) is 3.05. The maximum absolute atomic E-state index is 9.45. The first-order chi connectivity index (χ1) is 8.31. The number of fused-ring (bicyclic) bond motifs is 1. The zero-order valence-electron chi connectivity index (χ0n) is 9.60. The summed E-state index contributed by atoms with van der Waals surface area (Å²) in [5.41, 5.74) is 2.64. The minimum Gasteiger partial charge on any atom is -0.508 e. The van der Waals surface area contributed by atoms with Crippen molar-refractivity contribution >= 4 is 11.9 Å². The Kier molecular flexibility index (Phi) is 2.95. The summed E-state index contributed by atoms with van der Waals surface area (Å²) in [6.45, 7) is 1.90. The lowest BCUT2D eigenvalue weighted by Gasteiger charge is -2.15. The van der Waals surface area contributed by atoms with Gasteiger partial charge in [-0.1, -0.05) is 18.2 Å². The van der Waals surface area contributed by atoms with Gasteiger partial charge in [0.25, 0.3) is 0 Å². The van der Waals surface area contributed by atoms with Gasteiger partial charge in [0.15, 0.2) is 0 Å². The molecule has 3 heteroatoms. The van der Waals surface area contributed by atoms with E-state index < -0.39 is 0 Å². The maximum atomic E-state index is 9.45. The van der Waals surface area contributed by atoms with Crippen molar-refractivity contribution in [2.75, 3.05) is 6.54 Å². The van der Waals surface area contributed by atoms with Crippen molar-refractivity contribution in [3.63, 3.8) is 0 Å². The Morgan fingerprint density at radius 1 is 1.29 bits per heavy atom. The number of nitrogens with zero attached hydrogens (tertiary/aromatic N) is 1. The Morgan fingerprint density at radius 3 is 3.06 bits per heavy atom. The number of hydrogen-bond acceptors (Lipinski definition) is 3. The summed E-state index contributed by atoms with van der Waals surface area (Å²) in [7, 11) is 0. The molecule has 2 aliphatic rings.